The van der Waals surface area contributed by atoms with Crippen LogP contribution in [0.25, 0.3) is 0 Å². The molecule has 3 atom stereocenters. The van der Waals surface area contributed by atoms with E-state index in [1.807, 2.05) is 49.0 Å². The lowest BCUT2D eigenvalue weighted by molar-refractivity contribution is -0.0684. The molecule has 0 unspecified atom stereocenters. The monoisotopic (exact) mass is 320 g/mol. The van der Waals surface area contributed by atoms with E-state index in [9.17, 15) is 4.79 Å². The van der Waals surface area contributed by atoms with Crippen LogP contribution in [0.15, 0.2) is 30.3 Å². The fourth-order valence-electron chi connectivity index (χ4n) is 3.26. The largest absolute Gasteiger partial charge is 0.374 e. The van der Waals surface area contributed by atoms with E-state index in [2.05, 4.69) is 10.6 Å². The molecule has 1 aromatic carbocycles. The smallest absolute Gasteiger partial charge is 0.315 e. The number of thioether (sulfide) groups is 1. The van der Waals surface area contributed by atoms with Gasteiger partial charge in [0.25, 0.3) is 0 Å². The van der Waals surface area contributed by atoms with E-state index < -0.39 is 0 Å². The second-order valence-corrected chi connectivity index (χ2v) is 7.38. The van der Waals surface area contributed by atoms with Crippen LogP contribution in [-0.2, 0) is 4.74 Å². The quantitative estimate of drug-likeness (QED) is 0.900. The highest BCUT2D eigenvalue weighted by atomic mass is 32.2. The lowest BCUT2D eigenvalue weighted by atomic mass is 9.90. The molecule has 2 heterocycles. The summed E-state index contributed by atoms with van der Waals surface area (Å²) in [5, 5.41) is 6.16. The van der Waals surface area contributed by atoms with Crippen molar-refractivity contribution in [3.63, 3.8) is 0 Å². The summed E-state index contributed by atoms with van der Waals surface area (Å²) >= 11 is 1.95. The van der Waals surface area contributed by atoms with Crippen molar-refractivity contribution in [3.05, 3.63) is 35.9 Å². The molecule has 0 radical (unpaired) electrons. The number of benzene rings is 1. The van der Waals surface area contributed by atoms with E-state index in [0.29, 0.717) is 0 Å². The van der Waals surface area contributed by atoms with Gasteiger partial charge in [-0.25, -0.2) is 4.79 Å². The molecule has 2 amide bonds. The number of hydrogen-bond donors (Lipinski definition) is 2. The maximum absolute atomic E-state index is 12.2. The zero-order valence-corrected chi connectivity index (χ0v) is 13.8. The first-order valence-corrected chi connectivity index (χ1v) is 9.16. The number of ether oxygens (including phenoxy) is 1. The molecule has 22 heavy (non-hydrogen) atoms. The van der Waals surface area contributed by atoms with Crippen LogP contribution in [0.2, 0.25) is 0 Å². The molecule has 2 N–H and O–H groups in total. The molecule has 2 aliphatic heterocycles. The van der Waals surface area contributed by atoms with Gasteiger partial charge in [0.05, 0.1) is 11.6 Å². The first-order chi connectivity index (χ1) is 10.7. The van der Waals surface area contributed by atoms with Crippen LogP contribution in [0.4, 0.5) is 4.79 Å². The van der Waals surface area contributed by atoms with Crippen LogP contribution >= 0.6 is 11.8 Å². The van der Waals surface area contributed by atoms with Gasteiger partial charge in [0, 0.05) is 18.4 Å². The van der Waals surface area contributed by atoms with Crippen molar-refractivity contribution in [1.82, 2.24) is 10.6 Å². The van der Waals surface area contributed by atoms with Gasteiger partial charge in [0.1, 0.15) is 0 Å². The highest BCUT2D eigenvalue weighted by Crippen LogP contribution is 2.38. The number of nitrogens with one attached hydrogen (secondary N) is 2. The van der Waals surface area contributed by atoms with Crippen molar-refractivity contribution in [2.75, 3.05) is 18.1 Å². The molecule has 1 spiro atoms. The van der Waals surface area contributed by atoms with Crippen molar-refractivity contribution in [2.24, 2.45) is 0 Å². The molecule has 120 valence electrons. The highest BCUT2D eigenvalue weighted by Gasteiger charge is 2.40. The van der Waals surface area contributed by atoms with Gasteiger partial charge in [-0.3, -0.25) is 0 Å². The predicted octanol–water partition coefficient (Wildman–Crippen LogP) is 3.10. The van der Waals surface area contributed by atoms with E-state index in [1.165, 1.54) is 5.75 Å². The third kappa shape index (κ3) is 3.76. The summed E-state index contributed by atoms with van der Waals surface area (Å²) < 4.78 is 6.00. The standard InChI is InChI=1S/C17H24N2O2S/c1-13(14-5-3-2-4-6-14)18-16(20)19-15-7-9-21-17(11-15)8-10-22-12-17/h2-6,13,15H,7-12H2,1H3,(H2,18,19,20)/t13-,15+,17-/m0/s1. The molecule has 1 aromatic rings. The minimum absolute atomic E-state index is 0.00586. The van der Waals surface area contributed by atoms with Gasteiger partial charge in [-0.2, -0.15) is 11.8 Å². The molecule has 2 fully saturated rings. The number of rotatable bonds is 3. The maximum atomic E-state index is 12.2. The number of carbonyl (C=O) groups excluding carboxylic acids is 1. The van der Waals surface area contributed by atoms with Gasteiger partial charge >= 0.3 is 6.03 Å². The van der Waals surface area contributed by atoms with Crippen LogP contribution in [0.3, 0.4) is 0 Å². The van der Waals surface area contributed by atoms with Gasteiger partial charge in [-0.15, -0.1) is 0 Å². The summed E-state index contributed by atoms with van der Waals surface area (Å²) in [6.45, 7) is 2.76. The molecular formula is C17H24N2O2S. The molecule has 0 saturated carbocycles. The molecular weight excluding hydrogens is 296 g/mol. The summed E-state index contributed by atoms with van der Waals surface area (Å²) in [7, 11) is 0. The Morgan fingerprint density at radius 1 is 1.41 bits per heavy atom. The number of carbonyl (C=O) groups is 1. The van der Waals surface area contributed by atoms with Crippen LogP contribution < -0.4 is 10.6 Å². The fourth-order valence-corrected chi connectivity index (χ4v) is 4.64. The lowest BCUT2D eigenvalue weighted by Crippen LogP contribution is -2.51. The Morgan fingerprint density at radius 2 is 2.23 bits per heavy atom. The summed E-state index contributed by atoms with van der Waals surface area (Å²) in [5.41, 5.74) is 1.12. The predicted molar refractivity (Wildman–Crippen MR) is 90.2 cm³/mol. The van der Waals surface area contributed by atoms with Crippen LogP contribution in [0, 0.1) is 0 Å². The summed E-state index contributed by atoms with van der Waals surface area (Å²) in [5.74, 6) is 2.23. The van der Waals surface area contributed by atoms with Crippen LogP contribution in [0.1, 0.15) is 37.8 Å². The third-order valence-corrected chi connectivity index (χ3v) is 5.77. The minimum atomic E-state index is -0.0796. The zero-order chi connectivity index (χ0) is 15.4. The van der Waals surface area contributed by atoms with E-state index in [4.69, 9.17) is 4.74 Å². The Balaban J connectivity index is 1.51. The zero-order valence-electron chi connectivity index (χ0n) is 13.0. The van der Waals surface area contributed by atoms with Crippen LogP contribution in [-0.4, -0.2) is 35.8 Å². The van der Waals surface area contributed by atoms with Crippen LogP contribution in [0.5, 0.6) is 0 Å². The van der Waals surface area contributed by atoms with Gasteiger partial charge in [-0.1, -0.05) is 30.3 Å². The molecule has 2 aliphatic rings. The topological polar surface area (TPSA) is 50.4 Å². The van der Waals surface area contributed by atoms with Crippen molar-refractivity contribution >= 4 is 17.8 Å². The Kier molecular flexibility index (Phi) is 4.93. The molecule has 3 rings (SSSR count). The van der Waals surface area contributed by atoms with Gasteiger partial charge < -0.3 is 15.4 Å². The molecule has 4 nitrogen and oxygen atoms in total. The summed E-state index contributed by atoms with van der Waals surface area (Å²) in [6, 6.07) is 10.2. The minimum Gasteiger partial charge on any atom is -0.374 e. The Hall–Kier alpha value is -1.20. The van der Waals surface area contributed by atoms with Gasteiger partial charge in [-0.05, 0) is 37.5 Å². The molecule has 5 heteroatoms. The second kappa shape index (κ2) is 6.92. The third-order valence-electron chi connectivity index (χ3n) is 4.54. The SMILES string of the molecule is C[C@H](NC(=O)N[C@@H]1CCO[C@@]2(CCSC2)C1)c1ccccc1. The molecule has 0 bridgehead atoms. The fraction of sp³-hybridized carbons (Fsp3) is 0.588. The van der Waals surface area contributed by atoms with Gasteiger partial charge in [0.15, 0.2) is 0 Å². The molecule has 2 saturated heterocycles. The highest BCUT2D eigenvalue weighted by molar-refractivity contribution is 7.99. The van der Waals surface area contributed by atoms with E-state index in [0.717, 1.165) is 37.2 Å². The summed E-state index contributed by atoms with van der Waals surface area (Å²) in [4.78, 5) is 12.2. The Bertz CT molecular complexity index is 503. The second-order valence-electron chi connectivity index (χ2n) is 6.27. The first kappa shape index (κ1) is 15.7. The van der Waals surface area contributed by atoms with E-state index >= 15 is 0 Å². The van der Waals surface area contributed by atoms with Crippen molar-refractivity contribution in [3.8, 4) is 0 Å². The number of amides is 2. The first-order valence-electron chi connectivity index (χ1n) is 8.01. The summed E-state index contributed by atoms with van der Waals surface area (Å²) in [6.07, 6.45) is 2.95. The van der Waals surface area contributed by atoms with Crippen molar-refractivity contribution < 1.29 is 9.53 Å². The average Bonchev–Trinajstić information content (AvgIpc) is 2.95. The Labute approximate surface area is 136 Å². The van der Waals surface area contributed by atoms with Crippen molar-refractivity contribution in [1.29, 1.82) is 0 Å². The number of urea groups is 1. The van der Waals surface area contributed by atoms with E-state index in [1.54, 1.807) is 0 Å². The maximum Gasteiger partial charge on any atom is 0.315 e. The van der Waals surface area contributed by atoms with E-state index in [-0.39, 0.29) is 23.7 Å². The number of hydrogen-bond acceptors (Lipinski definition) is 3. The van der Waals surface area contributed by atoms with Crippen molar-refractivity contribution in [2.45, 2.75) is 43.9 Å². The molecule has 0 aliphatic carbocycles. The normalized spacial score (nSPS) is 29.2. The molecule has 0 aromatic heterocycles. The lowest BCUT2D eigenvalue weighted by Gasteiger charge is -2.38. The van der Waals surface area contributed by atoms with Gasteiger partial charge in [0.2, 0.25) is 0 Å². The Morgan fingerprint density at radius 3 is 2.95 bits per heavy atom. The average molecular weight is 320 g/mol.